The van der Waals surface area contributed by atoms with Crippen LogP contribution in [0.1, 0.15) is 53.5 Å². The number of ether oxygens (including phenoxy) is 1. The van der Waals surface area contributed by atoms with Gasteiger partial charge in [-0.05, 0) is 48.2 Å². The molecule has 164 valence electrons. The van der Waals surface area contributed by atoms with E-state index in [4.69, 9.17) is 4.74 Å². The number of fused-ring (bicyclic) bond motifs is 1. The Morgan fingerprint density at radius 2 is 2.00 bits per heavy atom. The van der Waals surface area contributed by atoms with Crippen LogP contribution in [0.4, 0.5) is 4.39 Å². The first kappa shape index (κ1) is 21.7. The highest BCUT2D eigenvalue weighted by molar-refractivity contribution is 6.10. The van der Waals surface area contributed by atoms with Gasteiger partial charge < -0.3 is 9.30 Å². The fraction of sp³-hybridized carbons (Fsp3) is 0.269. The Balaban J connectivity index is 1.80. The van der Waals surface area contributed by atoms with E-state index in [2.05, 4.69) is 28.4 Å². The molecule has 0 saturated carbocycles. The molecule has 0 saturated heterocycles. The van der Waals surface area contributed by atoms with Crippen molar-refractivity contribution >= 4 is 16.7 Å². The summed E-state index contributed by atoms with van der Waals surface area (Å²) in [5, 5.41) is 0.896. The van der Waals surface area contributed by atoms with Crippen molar-refractivity contribution in [2.75, 3.05) is 7.11 Å². The van der Waals surface area contributed by atoms with E-state index in [0.717, 1.165) is 33.6 Å². The topological polar surface area (TPSA) is 57.0 Å². The Hall–Kier alpha value is -3.54. The molecule has 32 heavy (non-hydrogen) atoms. The molecule has 1 aromatic carbocycles. The number of benzene rings is 1. The number of hydrogen-bond acceptors (Lipinski definition) is 4. The second-order valence-corrected chi connectivity index (χ2v) is 8.14. The molecule has 3 heterocycles. The first-order valence-electron chi connectivity index (χ1n) is 10.7. The molecule has 3 aromatic heterocycles. The second-order valence-electron chi connectivity index (χ2n) is 8.14. The lowest BCUT2D eigenvalue weighted by atomic mass is 9.96. The maximum Gasteiger partial charge on any atom is 0.165 e. The number of aryl methyl sites for hydroxylation is 1. The number of Topliss-reactive ketones (excluding diaryl/α,β-unsaturated/α-hetero) is 1. The lowest BCUT2D eigenvalue weighted by Gasteiger charge is -2.15. The number of carbonyl (C=O) groups excluding carboxylic acids is 1. The third-order valence-electron chi connectivity index (χ3n) is 5.59. The Morgan fingerprint density at radius 1 is 1.16 bits per heavy atom. The minimum Gasteiger partial charge on any atom is -0.497 e. The molecule has 0 bridgehead atoms. The van der Waals surface area contributed by atoms with E-state index in [1.54, 1.807) is 19.5 Å². The van der Waals surface area contributed by atoms with E-state index in [1.807, 2.05) is 36.4 Å². The van der Waals surface area contributed by atoms with E-state index in [9.17, 15) is 9.18 Å². The number of aromatic nitrogens is 3. The highest BCUT2D eigenvalue weighted by atomic mass is 19.1. The molecular formula is C26H26FN3O2. The number of nitrogens with zero attached hydrogens (tertiary/aromatic N) is 3. The summed E-state index contributed by atoms with van der Waals surface area (Å²) in [6, 6.07) is 13.1. The number of halogens is 1. The van der Waals surface area contributed by atoms with Crippen LogP contribution < -0.4 is 4.74 Å². The van der Waals surface area contributed by atoms with Crippen molar-refractivity contribution in [3.8, 4) is 5.75 Å². The van der Waals surface area contributed by atoms with Crippen LogP contribution in [-0.2, 0) is 13.0 Å². The number of ketones is 1. The third-order valence-corrected chi connectivity index (χ3v) is 5.59. The molecule has 0 aliphatic rings. The summed E-state index contributed by atoms with van der Waals surface area (Å²) in [6.07, 6.45) is 5.26. The maximum absolute atomic E-state index is 13.5. The van der Waals surface area contributed by atoms with Gasteiger partial charge in [-0.1, -0.05) is 19.9 Å². The molecular weight excluding hydrogens is 405 g/mol. The molecule has 0 radical (unpaired) electrons. The SMILES string of the molecule is COc1ccc2c(C(=O)CCc3cncc(F)c3)c(C(C)C)n(Cc3ccccn3)c2c1. The zero-order valence-electron chi connectivity index (χ0n) is 18.5. The summed E-state index contributed by atoms with van der Waals surface area (Å²) >= 11 is 0. The van der Waals surface area contributed by atoms with Gasteiger partial charge in [0.05, 0.1) is 31.1 Å². The first-order valence-corrected chi connectivity index (χ1v) is 10.7. The zero-order valence-corrected chi connectivity index (χ0v) is 18.5. The van der Waals surface area contributed by atoms with E-state index < -0.39 is 5.82 Å². The van der Waals surface area contributed by atoms with Crippen LogP contribution in [0, 0.1) is 5.82 Å². The predicted octanol–water partition coefficient (Wildman–Crippen LogP) is 5.57. The van der Waals surface area contributed by atoms with Crippen molar-refractivity contribution < 1.29 is 13.9 Å². The smallest absolute Gasteiger partial charge is 0.165 e. The van der Waals surface area contributed by atoms with Gasteiger partial charge in [-0.25, -0.2) is 4.39 Å². The highest BCUT2D eigenvalue weighted by Crippen LogP contribution is 2.35. The van der Waals surface area contributed by atoms with Gasteiger partial charge in [0.25, 0.3) is 0 Å². The minimum atomic E-state index is -0.392. The zero-order chi connectivity index (χ0) is 22.7. The Bertz CT molecular complexity index is 1250. The van der Waals surface area contributed by atoms with Crippen LogP contribution in [0.2, 0.25) is 0 Å². The Kier molecular flexibility index (Phi) is 6.30. The van der Waals surface area contributed by atoms with Crippen molar-refractivity contribution in [1.82, 2.24) is 14.5 Å². The number of pyridine rings is 2. The molecule has 0 unspecified atom stereocenters. The second kappa shape index (κ2) is 9.30. The molecule has 4 aromatic rings. The van der Waals surface area contributed by atoms with Crippen LogP contribution in [0.25, 0.3) is 10.9 Å². The summed E-state index contributed by atoms with van der Waals surface area (Å²) in [5.41, 5.74) is 4.26. The third kappa shape index (κ3) is 4.40. The largest absolute Gasteiger partial charge is 0.497 e. The molecule has 0 atom stereocenters. The minimum absolute atomic E-state index is 0.0351. The van der Waals surface area contributed by atoms with Gasteiger partial charge in [0, 0.05) is 41.5 Å². The summed E-state index contributed by atoms with van der Waals surface area (Å²) in [6.45, 7) is 4.74. The summed E-state index contributed by atoms with van der Waals surface area (Å²) in [4.78, 5) is 21.9. The fourth-order valence-electron chi connectivity index (χ4n) is 4.17. The van der Waals surface area contributed by atoms with Crippen LogP contribution in [-0.4, -0.2) is 27.4 Å². The van der Waals surface area contributed by atoms with E-state index in [-0.39, 0.29) is 18.1 Å². The normalized spacial score (nSPS) is 11.3. The van der Waals surface area contributed by atoms with Gasteiger partial charge in [-0.3, -0.25) is 14.8 Å². The van der Waals surface area contributed by atoms with Crippen molar-refractivity contribution in [2.45, 2.75) is 39.2 Å². The Labute approximate surface area is 186 Å². The lowest BCUT2D eigenvalue weighted by Crippen LogP contribution is -2.11. The van der Waals surface area contributed by atoms with Crippen LogP contribution >= 0.6 is 0 Å². The average molecular weight is 432 g/mol. The molecule has 0 aliphatic heterocycles. The monoisotopic (exact) mass is 431 g/mol. The molecule has 0 N–H and O–H groups in total. The first-order chi connectivity index (χ1) is 15.5. The number of hydrogen-bond donors (Lipinski definition) is 0. The molecule has 0 spiro atoms. The van der Waals surface area contributed by atoms with Gasteiger partial charge in [0.2, 0.25) is 0 Å². The van der Waals surface area contributed by atoms with Crippen LogP contribution in [0.5, 0.6) is 5.75 Å². The molecule has 0 fully saturated rings. The summed E-state index contributed by atoms with van der Waals surface area (Å²) < 4.78 is 21.1. The van der Waals surface area contributed by atoms with Gasteiger partial charge in [0.1, 0.15) is 11.6 Å². The molecule has 5 nitrogen and oxygen atoms in total. The van der Waals surface area contributed by atoms with Crippen molar-refractivity contribution in [2.24, 2.45) is 0 Å². The summed E-state index contributed by atoms with van der Waals surface area (Å²) in [5.74, 6) is 0.495. The summed E-state index contributed by atoms with van der Waals surface area (Å²) in [7, 11) is 1.63. The highest BCUT2D eigenvalue weighted by Gasteiger charge is 2.25. The molecule has 0 aliphatic carbocycles. The van der Waals surface area contributed by atoms with Crippen molar-refractivity contribution in [3.05, 3.63) is 89.4 Å². The maximum atomic E-state index is 13.5. The van der Waals surface area contributed by atoms with Crippen LogP contribution in [0.15, 0.2) is 61.1 Å². The van der Waals surface area contributed by atoms with Crippen molar-refractivity contribution in [1.29, 1.82) is 0 Å². The van der Waals surface area contributed by atoms with Crippen LogP contribution in [0.3, 0.4) is 0 Å². The Morgan fingerprint density at radius 3 is 2.69 bits per heavy atom. The molecule has 0 amide bonds. The average Bonchev–Trinajstić information content (AvgIpc) is 3.12. The standard InChI is InChI=1S/C26H26FN3O2/c1-17(2)26-25(24(31)10-7-18-12-19(27)15-28-14-18)22-9-8-21(32-3)13-23(22)30(26)16-20-6-4-5-11-29-20/h4-6,8-9,11-15,17H,7,10,16H2,1-3H3. The van der Waals surface area contributed by atoms with Gasteiger partial charge >= 0.3 is 0 Å². The van der Waals surface area contributed by atoms with Gasteiger partial charge in [-0.15, -0.1) is 0 Å². The van der Waals surface area contributed by atoms with Crippen molar-refractivity contribution in [3.63, 3.8) is 0 Å². The number of carbonyl (C=O) groups is 1. The lowest BCUT2D eigenvalue weighted by molar-refractivity contribution is 0.0982. The van der Waals surface area contributed by atoms with E-state index in [0.29, 0.717) is 18.5 Å². The van der Waals surface area contributed by atoms with Gasteiger partial charge in [0.15, 0.2) is 5.78 Å². The number of methoxy groups -OCH3 is 1. The van der Waals surface area contributed by atoms with E-state index in [1.165, 1.54) is 12.3 Å². The van der Waals surface area contributed by atoms with Gasteiger partial charge in [-0.2, -0.15) is 0 Å². The molecule has 4 rings (SSSR count). The fourth-order valence-corrected chi connectivity index (χ4v) is 4.17. The quantitative estimate of drug-likeness (QED) is 0.343. The van der Waals surface area contributed by atoms with E-state index >= 15 is 0 Å². The predicted molar refractivity (Wildman–Crippen MR) is 123 cm³/mol. The molecule has 6 heteroatoms. The number of rotatable bonds is 8.